The van der Waals surface area contributed by atoms with Crippen LogP contribution in [0.2, 0.25) is 0 Å². The lowest BCUT2D eigenvalue weighted by molar-refractivity contribution is 0.601. The maximum absolute atomic E-state index is 12.6. The van der Waals surface area contributed by atoms with Crippen molar-refractivity contribution in [1.29, 1.82) is 0 Å². The van der Waals surface area contributed by atoms with E-state index in [0.717, 1.165) is 11.1 Å². The molecule has 0 aliphatic rings. The van der Waals surface area contributed by atoms with E-state index in [-0.39, 0.29) is 4.90 Å². The van der Waals surface area contributed by atoms with Gasteiger partial charge in [0, 0.05) is 0 Å². The van der Waals surface area contributed by atoms with Crippen molar-refractivity contribution in [3.63, 3.8) is 0 Å². The van der Waals surface area contributed by atoms with Gasteiger partial charge < -0.3 is 0 Å². The number of anilines is 1. The Hall–Kier alpha value is -2.39. The first kappa shape index (κ1) is 17.4. The van der Waals surface area contributed by atoms with Crippen LogP contribution in [0.1, 0.15) is 11.1 Å². The van der Waals surface area contributed by atoms with Crippen LogP contribution in [0.25, 0.3) is 5.69 Å². The Bertz CT molecular complexity index is 1010. The summed E-state index contributed by atoms with van der Waals surface area (Å²) >= 11 is 1.40. The first-order valence-corrected chi connectivity index (χ1v) is 10.1. The van der Waals surface area contributed by atoms with E-state index in [1.165, 1.54) is 11.8 Å². The second-order valence-electron chi connectivity index (χ2n) is 5.48. The van der Waals surface area contributed by atoms with Gasteiger partial charge in [-0.3, -0.25) is 4.72 Å². The Morgan fingerprint density at radius 3 is 2.60 bits per heavy atom. The monoisotopic (exact) mass is 375 g/mol. The normalized spacial score (nSPS) is 11.5. The zero-order valence-electron chi connectivity index (χ0n) is 14.0. The number of aryl methyl sites for hydroxylation is 2. The lowest BCUT2D eigenvalue weighted by atomic mass is 10.1. The molecule has 0 unspecified atom stereocenters. The summed E-state index contributed by atoms with van der Waals surface area (Å²) in [6, 6.07) is 12.0. The summed E-state index contributed by atoms with van der Waals surface area (Å²) in [4.78, 5) is 0.230. The molecule has 0 amide bonds. The van der Waals surface area contributed by atoms with Gasteiger partial charge in [-0.15, -0.1) is 5.10 Å². The van der Waals surface area contributed by atoms with E-state index >= 15 is 0 Å². The number of tetrazole rings is 1. The van der Waals surface area contributed by atoms with Crippen molar-refractivity contribution in [3.8, 4) is 5.69 Å². The number of nitrogens with one attached hydrogen (secondary N) is 1. The van der Waals surface area contributed by atoms with Gasteiger partial charge in [-0.2, -0.15) is 4.68 Å². The van der Waals surface area contributed by atoms with Crippen LogP contribution < -0.4 is 4.72 Å². The maximum atomic E-state index is 12.6. The van der Waals surface area contributed by atoms with E-state index in [1.807, 2.05) is 26.2 Å². The zero-order valence-corrected chi connectivity index (χ0v) is 15.6. The predicted molar refractivity (Wildman–Crippen MR) is 97.7 cm³/mol. The summed E-state index contributed by atoms with van der Waals surface area (Å²) in [5, 5.41) is 12.1. The summed E-state index contributed by atoms with van der Waals surface area (Å²) in [5.41, 5.74) is 3.09. The standard InChI is InChI=1S/C16H17N5O2S2/c1-11-7-8-15(9-12(11)2)25(22,23)18-13-5-4-6-14(10-13)21-16(24-3)17-19-20-21/h4-10,18H,1-3H3. The number of aromatic nitrogens is 4. The topological polar surface area (TPSA) is 89.8 Å². The highest BCUT2D eigenvalue weighted by Crippen LogP contribution is 2.22. The number of hydrogen-bond donors (Lipinski definition) is 1. The van der Waals surface area contributed by atoms with Gasteiger partial charge in [0.05, 0.1) is 16.3 Å². The van der Waals surface area contributed by atoms with E-state index in [2.05, 4.69) is 20.2 Å². The van der Waals surface area contributed by atoms with E-state index in [9.17, 15) is 8.42 Å². The molecule has 0 radical (unpaired) electrons. The molecule has 0 aliphatic heterocycles. The molecule has 0 fully saturated rings. The van der Waals surface area contributed by atoms with Crippen molar-refractivity contribution in [3.05, 3.63) is 53.6 Å². The predicted octanol–water partition coefficient (Wildman–Crippen LogP) is 2.80. The van der Waals surface area contributed by atoms with Crippen molar-refractivity contribution in [2.75, 3.05) is 11.0 Å². The number of sulfonamides is 1. The average Bonchev–Trinajstić information content (AvgIpc) is 3.06. The van der Waals surface area contributed by atoms with E-state index in [1.54, 1.807) is 41.1 Å². The van der Waals surface area contributed by atoms with Gasteiger partial charge in [0.15, 0.2) is 0 Å². The Kier molecular flexibility index (Phi) is 4.78. The molecule has 0 bridgehead atoms. The highest BCUT2D eigenvalue weighted by atomic mass is 32.2. The second kappa shape index (κ2) is 6.85. The Morgan fingerprint density at radius 2 is 1.88 bits per heavy atom. The molecule has 0 saturated heterocycles. The number of hydrogen-bond acceptors (Lipinski definition) is 6. The smallest absolute Gasteiger partial charge is 0.261 e. The molecule has 1 aromatic heterocycles. The van der Waals surface area contributed by atoms with Crippen LogP contribution in [-0.2, 0) is 10.0 Å². The Balaban J connectivity index is 1.92. The molecule has 7 nitrogen and oxygen atoms in total. The van der Waals surface area contributed by atoms with Crippen molar-refractivity contribution in [1.82, 2.24) is 20.2 Å². The molecule has 0 spiro atoms. The zero-order chi connectivity index (χ0) is 18.0. The number of thioether (sulfide) groups is 1. The summed E-state index contributed by atoms with van der Waals surface area (Å²) in [6.07, 6.45) is 1.87. The minimum absolute atomic E-state index is 0.230. The van der Waals surface area contributed by atoms with Gasteiger partial charge in [0.1, 0.15) is 0 Å². The van der Waals surface area contributed by atoms with Crippen LogP contribution in [-0.4, -0.2) is 34.9 Å². The van der Waals surface area contributed by atoms with E-state index in [4.69, 9.17) is 0 Å². The summed E-state index contributed by atoms with van der Waals surface area (Å²) in [5.74, 6) is 0. The third kappa shape index (κ3) is 3.67. The molecule has 0 atom stereocenters. The van der Waals surface area contributed by atoms with Gasteiger partial charge in [-0.25, -0.2) is 8.42 Å². The SMILES string of the molecule is CSc1nnnn1-c1cccc(NS(=O)(=O)c2ccc(C)c(C)c2)c1. The third-order valence-corrected chi connectivity index (χ3v) is 5.75. The Morgan fingerprint density at radius 1 is 1.08 bits per heavy atom. The number of nitrogens with zero attached hydrogens (tertiary/aromatic N) is 4. The average molecular weight is 375 g/mol. The van der Waals surface area contributed by atoms with Crippen molar-refractivity contribution in [2.24, 2.45) is 0 Å². The fourth-order valence-electron chi connectivity index (χ4n) is 2.26. The third-order valence-electron chi connectivity index (χ3n) is 3.76. The molecular formula is C16H17N5O2S2. The molecule has 0 aliphatic carbocycles. The molecule has 9 heteroatoms. The summed E-state index contributed by atoms with van der Waals surface area (Å²) < 4.78 is 29.4. The minimum atomic E-state index is -3.67. The maximum Gasteiger partial charge on any atom is 0.261 e. The lowest BCUT2D eigenvalue weighted by Gasteiger charge is -2.11. The van der Waals surface area contributed by atoms with Crippen LogP contribution in [0.15, 0.2) is 52.5 Å². The van der Waals surface area contributed by atoms with Crippen LogP contribution in [0.5, 0.6) is 0 Å². The minimum Gasteiger partial charge on any atom is -0.280 e. The lowest BCUT2D eigenvalue weighted by Crippen LogP contribution is -2.13. The first-order valence-electron chi connectivity index (χ1n) is 7.43. The van der Waals surface area contributed by atoms with Crippen molar-refractivity contribution in [2.45, 2.75) is 23.9 Å². The molecule has 3 rings (SSSR count). The highest BCUT2D eigenvalue weighted by molar-refractivity contribution is 7.98. The van der Waals surface area contributed by atoms with Gasteiger partial charge in [-0.05, 0) is 72.0 Å². The quantitative estimate of drug-likeness (QED) is 0.690. The Labute approximate surface area is 150 Å². The summed E-state index contributed by atoms with van der Waals surface area (Å²) in [7, 11) is -3.67. The fourth-order valence-corrected chi connectivity index (χ4v) is 3.83. The van der Waals surface area contributed by atoms with Crippen molar-refractivity contribution >= 4 is 27.5 Å². The van der Waals surface area contributed by atoms with Gasteiger partial charge in [-0.1, -0.05) is 23.9 Å². The molecular weight excluding hydrogens is 358 g/mol. The molecule has 130 valence electrons. The van der Waals surface area contributed by atoms with E-state index in [0.29, 0.717) is 16.5 Å². The summed E-state index contributed by atoms with van der Waals surface area (Å²) in [6.45, 7) is 3.83. The molecule has 1 heterocycles. The highest BCUT2D eigenvalue weighted by Gasteiger charge is 2.16. The fraction of sp³-hybridized carbons (Fsp3) is 0.188. The second-order valence-corrected chi connectivity index (χ2v) is 7.94. The molecule has 2 aromatic carbocycles. The van der Waals surface area contributed by atoms with E-state index < -0.39 is 10.0 Å². The van der Waals surface area contributed by atoms with Gasteiger partial charge in [0.25, 0.3) is 10.0 Å². The molecule has 25 heavy (non-hydrogen) atoms. The van der Waals surface area contributed by atoms with Gasteiger partial charge in [0.2, 0.25) is 5.16 Å². The van der Waals surface area contributed by atoms with Crippen molar-refractivity contribution < 1.29 is 8.42 Å². The molecule has 0 saturated carbocycles. The first-order chi connectivity index (χ1) is 11.9. The van der Waals surface area contributed by atoms with Crippen LogP contribution in [0.3, 0.4) is 0 Å². The van der Waals surface area contributed by atoms with Crippen LogP contribution in [0.4, 0.5) is 5.69 Å². The van der Waals surface area contributed by atoms with Crippen LogP contribution >= 0.6 is 11.8 Å². The van der Waals surface area contributed by atoms with Crippen LogP contribution in [0, 0.1) is 13.8 Å². The number of rotatable bonds is 5. The molecule has 3 aromatic rings. The largest absolute Gasteiger partial charge is 0.280 e. The van der Waals surface area contributed by atoms with Gasteiger partial charge >= 0.3 is 0 Å². The molecule has 1 N–H and O–H groups in total. The number of benzene rings is 2.